The fourth-order valence-electron chi connectivity index (χ4n) is 1.90. The summed E-state index contributed by atoms with van der Waals surface area (Å²) in [6.07, 6.45) is 3.80. The van der Waals surface area contributed by atoms with Crippen LogP contribution in [-0.2, 0) is 6.54 Å². The third kappa shape index (κ3) is 2.72. The minimum Gasteiger partial charge on any atom is -0.360 e. The number of rotatable bonds is 4. The molecule has 1 N–H and O–H groups in total. The summed E-state index contributed by atoms with van der Waals surface area (Å²) in [5.41, 5.74) is 0.982. The summed E-state index contributed by atoms with van der Waals surface area (Å²) in [5.74, 6) is 1.03. The lowest BCUT2D eigenvalue weighted by molar-refractivity contribution is 0.701. The zero-order chi connectivity index (χ0) is 13.2. The van der Waals surface area contributed by atoms with E-state index in [2.05, 4.69) is 19.9 Å². The molecular formula is C13H13ClN4S. The van der Waals surface area contributed by atoms with E-state index >= 15 is 0 Å². The lowest BCUT2D eigenvalue weighted by Gasteiger charge is -2.05. The lowest BCUT2D eigenvalue weighted by atomic mass is 10.3. The summed E-state index contributed by atoms with van der Waals surface area (Å²) >= 11 is 7.59. The van der Waals surface area contributed by atoms with E-state index in [1.807, 2.05) is 37.5 Å². The van der Waals surface area contributed by atoms with Gasteiger partial charge >= 0.3 is 0 Å². The van der Waals surface area contributed by atoms with E-state index in [0.29, 0.717) is 0 Å². The number of hydrogen-bond acceptors (Lipinski definition) is 4. The quantitative estimate of drug-likeness (QED) is 0.799. The van der Waals surface area contributed by atoms with Crippen molar-refractivity contribution in [2.24, 2.45) is 0 Å². The van der Waals surface area contributed by atoms with Gasteiger partial charge in [-0.25, -0.2) is 9.97 Å². The van der Waals surface area contributed by atoms with E-state index in [-0.39, 0.29) is 0 Å². The van der Waals surface area contributed by atoms with Gasteiger partial charge in [0.05, 0.1) is 10.2 Å². The molecule has 0 aliphatic rings. The van der Waals surface area contributed by atoms with E-state index in [0.717, 1.165) is 39.3 Å². The summed E-state index contributed by atoms with van der Waals surface area (Å²) in [4.78, 5) is 8.71. The highest BCUT2D eigenvalue weighted by molar-refractivity contribution is 7.22. The predicted octanol–water partition coefficient (Wildman–Crippen LogP) is 3.57. The first-order valence-electron chi connectivity index (χ1n) is 6.00. The number of fused-ring (bicyclic) bond motifs is 1. The molecule has 0 saturated heterocycles. The van der Waals surface area contributed by atoms with E-state index in [1.165, 1.54) is 0 Å². The Morgan fingerprint density at radius 1 is 1.42 bits per heavy atom. The van der Waals surface area contributed by atoms with Gasteiger partial charge in [0.25, 0.3) is 0 Å². The lowest BCUT2D eigenvalue weighted by Crippen LogP contribution is -2.10. The molecule has 3 rings (SSSR count). The fourth-order valence-corrected chi connectivity index (χ4v) is 3.06. The summed E-state index contributed by atoms with van der Waals surface area (Å²) < 4.78 is 3.21. The van der Waals surface area contributed by atoms with Crippen LogP contribution in [-0.4, -0.2) is 21.1 Å². The van der Waals surface area contributed by atoms with Gasteiger partial charge in [0, 0.05) is 30.5 Å². The van der Waals surface area contributed by atoms with E-state index in [9.17, 15) is 0 Å². The molecule has 0 amide bonds. The second-order valence-corrected chi connectivity index (χ2v) is 5.69. The van der Waals surface area contributed by atoms with Gasteiger partial charge < -0.3 is 9.88 Å². The Labute approximate surface area is 120 Å². The van der Waals surface area contributed by atoms with Crippen molar-refractivity contribution in [3.63, 3.8) is 0 Å². The molecule has 3 aromatic rings. The van der Waals surface area contributed by atoms with Crippen molar-refractivity contribution in [2.75, 3.05) is 11.9 Å². The SMILES string of the molecule is Cc1nccn1CCNc1nc2ccc(Cl)cc2s1. The van der Waals surface area contributed by atoms with Crippen LogP contribution in [0.1, 0.15) is 5.82 Å². The summed E-state index contributed by atoms with van der Waals surface area (Å²) in [7, 11) is 0. The van der Waals surface area contributed by atoms with Gasteiger partial charge in [-0.3, -0.25) is 0 Å². The zero-order valence-corrected chi connectivity index (χ0v) is 12.0. The molecule has 1 aromatic carbocycles. The molecule has 19 heavy (non-hydrogen) atoms. The Kier molecular flexibility index (Phi) is 3.40. The van der Waals surface area contributed by atoms with Crippen LogP contribution in [0.2, 0.25) is 5.02 Å². The van der Waals surface area contributed by atoms with Crippen molar-refractivity contribution in [2.45, 2.75) is 13.5 Å². The molecule has 0 fully saturated rings. The Balaban J connectivity index is 1.67. The highest BCUT2D eigenvalue weighted by atomic mass is 35.5. The van der Waals surface area contributed by atoms with Gasteiger partial charge in [0.2, 0.25) is 0 Å². The number of nitrogens with zero attached hydrogens (tertiary/aromatic N) is 3. The van der Waals surface area contributed by atoms with Gasteiger partial charge in [0.15, 0.2) is 5.13 Å². The topological polar surface area (TPSA) is 42.7 Å². The van der Waals surface area contributed by atoms with Gasteiger partial charge in [-0.2, -0.15) is 0 Å². The van der Waals surface area contributed by atoms with Crippen molar-refractivity contribution in [1.29, 1.82) is 0 Å². The minimum atomic E-state index is 0.747. The number of thiazole rings is 1. The van der Waals surface area contributed by atoms with Crippen LogP contribution in [0.15, 0.2) is 30.6 Å². The molecule has 0 unspecified atom stereocenters. The first kappa shape index (κ1) is 12.4. The maximum Gasteiger partial charge on any atom is 0.183 e. The van der Waals surface area contributed by atoms with Crippen LogP contribution in [0, 0.1) is 6.92 Å². The molecule has 0 radical (unpaired) electrons. The summed E-state index contributed by atoms with van der Waals surface area (Å²) in [5, 5.41) is 5.01. The average Bonchev–Trinajstić information content (AvgIpc) is 2.95. The summed E-state index contributed by atoms with van der Waals surface area (Å²) in [6.45, 7) is 3.70. The van der Waals surface area contributed by atoms with Crippen LogP contribution in [0.4, 0.5) is 5.13 Å². The zero-order valence-electron chi connectivity index (χ0n) is 10.4. The second-order valence-electron chi connectivity index (χ2n) is 4.23. The standard InChI is InChI=1S/C13H13ClN4S/c1-9-15-4-6-18(9)7-5-16-13-17-11-3-2-10(14)8-12(11)19-13/h2-4,6,8H,5,7H2,1H3,(H,16,17). The third-order valence-electron chi connectivity index (χ3n) is 2.90. The summed E-state index contributed by atoms with van der Waals surface area (Å²) in [6, 6.07) is 5.75. The normalized spacial score (nSPS) is 11.1. The number of halogens is 1. The molecule has 6 heteroatoms. The van der Waals surface area contributed by atoms with Crippen molar-refractivity contribution < 1.29 is 0 Å². The van der Waals surface area contributed by atoms with E-state index < -0.39 is 0 Å². The predicted molar refractivity (Wildman–Crippen MR) is 80.1 cm³/mol. The van der Waals surface area contributed by atoms with Crippen molar-refractivity contribution >= 4 is 38.3 Å². The van der Waals surface area contributed by atoms with Crippen LogP contribution < -0.4 is 5.32 Å². The molecule has 4 nitrogen and oxygen atoms in total. The van der Waals surface area contributed by atoms with Crippen LogP contribution >= 0.6 is 22.9 Å². The fraction of sp³-hybridized carbons (Fsp3) is 0.231. The molecule has 0 bridgehead atoms. The molecule has 0 atom stereocenters. The molecular weight excluding hydrogens is 280 g/mol. The molecule has 2 aromatic heterocycles. The average molecular weight is 293 g/mol. The van der Waals surface area contributed by atoms with Crippen LogP contribution in [0.3, 0.4) is 0 Å². The van der Waals surface area contributed by atoms with Gasteiger partial charge in [-0.15, -0.1) is 0 Å². The number of nitrogens with one attached hydrogen (secondary N) is 1. The maximum absolute atomic E-state index is 5.97. The smallest absolute Gasteiger partial charge is 0.183 e. The molecule has 0 spiro atoms. The molecule has 2 heterocycles. The maximum atomic E-state index is 5.97. The van der Waals surface area contributed by atoms with Crippen LogP contribution in [0.25, 0.3) is 10.2 Å². The van der Waals surface area contributed by atoms with Crippen molar-refractivity contribution in [3.8, 4) is 0 Å². The highest BCUT2D eigenvalue weighted by Crippen LogP contribution is 2.28. The minimum absolute atomic E-state index is 0.747. The number of aryl methyl sites for hydroxylation is 1. The number of hydrogen-bond donors (Lipinski definition) is 1. The Bertz CT molecular complexity index is 704. The van der Waals surface area contributed by atoms with Crippen molar-refractivity contribution in [3.05, 3.63) is 41.4 Å². The molecule has 98 valence electrons. The van der Waals surface area contributed by atoms with E-state index in [4.69, 9.17) is 11.6 Å². The number of benzene rings is 1. The Morgan fingerprint density at radius 3 is 3.11 bits per heavy atom. The molecule has 0 saturated carbocycles. The molecule has 0 aliphatic heterocycles. The van der Waals surface area contributed by atoms with Gasteiger partial charge in [0.1, 0.15) is 5.82 Å². The molecule has 0 aliphatic carbocycles. The third-order valence-corrected chi connectivity index (χ3v) is 4.11. The number of aromatic nitrogens is 3. The van der Waals surface area contributed by atoms with Gasteiger partial charge in [-0.05, 0) is 25.1 Å². The monoisotopic (exact) mass is 292 g/mol. The number of anilines is 1. The van der Waals surface area contributed by atoms with E-state index in [1.54, 1.807) is 11.3 Å². The van der Waals surface area contributed by atoms with Crippen LogP contribution in [0.5, 0.6) is 0 Å². The Morgan fingerprint density at radius 2 is 2.32 bits per heavy atom. The number of imidazole rings is 1. The van der Waals surface area contributed by atoms with Crippen molar-refractivity contribution in [1.82, 2.24) is 14.5 Å². The second kappa shape index (κ2) is 5.19. The van der Waals surface area contributed by atoms with Gasteiger partial charge in [-0.1, -0.05) is 22.9 Å². The largest absolute Gasteiger partial charge is 0.360 e. The first-order chi connectivity index (χ1) is 9.22. The Hall–Kier alpha value is -1.59. The first-order valence-corrected chi connectivity index (χ1v) is 7.19. The highest BCUT2D eigenvalue weighted by Gasteiger charge is 2.04.